The van der Waals surface area contributed by atoms with Crippen LogP contribution in [0.15, 0.2) is 6.07 Å². The fourth-order valence-electron chi connectivity index (χ4n) is 1.31. The summed E-state index contributed by atoms with van der Waals surface area (Å²) in [5.74, 6) is 1.10. The third-order valence-corrected chi connectivity index (χ3v) is 3.64. The smallest absolute Gasteiger partial charge is 0.131 e. The summed E-state index contributed by atoms with van der Waals surface area (Å²) in [6.45, 7) is 1.90. The summed E-state index contributed by atoms with van der Waals surface area (Å²) in [4.78, 5) is 2.23. The predicted molar refractivity (Wildman–Crippen MR) is 50.6 cm³/mol. The van der Waals surface area contributed by atoms with E-state index in [4.69, 9.17) is 5.73 Å². The number of hydrogen-bond acceptors (Lipinski definition) is 3. The molecule has 1 atom stereocenters. The Morgan fingerprint density at radius 1 is 1.67 bits per heavy atom. The monoisotopic (exact) mass is 183 g/mol. The lowest BCUT2D eigenvalue weighted by Gasteiger charge is -2.00. The van der Waals surface area contributed by atoms with Crippen molar-refractivity contribution in [3.8, 4) is 5.75 Å². The third kappa shape index (κ3) is 1.34. The maximum absolute atomic E-state index is 9.51. The molecular formula is C9H13NOS. The van der Waals surface area contributed by atoms with Gasteiger partial charge in [0.1, 0.15) is 5.75 Å². The lowest BCUT2D eigenvalue weighted by molar-refractivity contribution is 0.468. The Bertz CT molecular complexity index is 289. The van der Waals surface area contributed by atoms with E-state index in [1.54, 1.807) is 11.3 Å². The van der Waals surface area contributed by atoms with Gasteiger partial charge < -0.3 is 10.8 Å². The molecule has 1 aromatic heterocycles. The molecule has 3 N–H and O–H groups in total. The number of hydrogen-bond donors (Lipinski definition) is 2. The molecule has 0 aromatic carbocycles. The minimum atomic E-state index is -0.0394. The molecule has 0 spiro atoms. The second kappa shape index (κ2) is 2.75. The van der Waals surface area contributed by atoms with Crippen LogP contribution in [0.2, 0.25) is 0 Å². The van der Waals surface area contributed by atoms with Gasteiger partial charge in [-0.2, -0.15) is 0 Å². The lowest BCUT2D eigenvalue weighted by atomic mass is 10.2. The number of thiophene rings is 1. The molecule has 1 aromatic rings. The van der Waals surface area contributed by atoms with Crippen molar-refractivity contribution in [2.45, 2.75) is 31.7 Å². The van der Waals surface area contributed by atoms with Crippen molar-refractivity contribution in [1.82, 2.24) is 0 Å². The minimum absolute atomic E-state index is 0.0394. The van der Waals surface area contributed by atoms with Gasteiger partial charge in [-0.1, -0.05) is 0 Å². The average molecular weight is 183 g/mol. The quantitative estimate of drug-likeness (QED) is 0.739. The van der Waals surface area contributed by atoms with E-state index < -0.39 is 0 Å². The first-order valence-electron chi connectivity index (χ1n) is 4.26. The van der Waals surface area contributed by atoms with Crippen molar-refractivity contribution in [1.29, 1.82) is 0 Å². The molecule has 0 amide bonds. The molecule has 3 heteroatoms. The topological polar surface area (TPSA) is 46.2 Å². The van der Waals surface area contributed by atoms with Gasteiger partial charge in [0.25, 0.3) is 0 Å². The van der Waals surface area contributed by atoms with E-state index in [0.717, 1.165) is 4.88 Å². The van der Waals surface area contributed by atoms with E-state index in [2.05, 4.69) is 0 Å². The van der Waals surface area contributed by atoms with Crippen LogP contribution in [-0.2, 0) is 0 Å². The fourth-order valence-corrected chi connectivity index (χ4v) is 2.49. The number of nitrogens with two attached hydrogens (primary N) is 1. The zero-order valence-corrected chi connectivity index (χ0v) is 7.90. The van der Waals surface area contributed by atoms with Gasteiger partial charge >= 0.3 is 0 Å². The molecule has 0 bridgehead atoms. The molecule has 12 heavy (non-hydrogen) atoms. The Hall–Kier alpha value is -0.540. The Kier molecular flexibility index (Phi) is 1.85. The van der Waals surface area contributed by atoms with Gasteiger partial charge in [-0.05, 0) is 31.7 Å². The standard InChI is InChI=1S/C9H13NOS/c1-5(10)9-7(11)4-8(12-9)6-2-3-6/h4-6,11H,2-3,10H2,1H3. The van der Waals surface area contributed by atoms with Gasteiger partial charge in [-0.25, -0.2) is 0 Å². The summed E-state index contributed by atoms with van der Waals surface area (Å²) in [5.41, 5.74) is 5.70. The van der Waals surface area contributed by atoms with E-state index in [1.807, 2.05) is 13.0 Å². The molecule has 1 aliphatic rings. The number of rotatable bonds is 2. The van der Waals surface area contributed by atoms with Gasteiger partial charge in [0.15, 0.2) is 0 Å². The molecule has 0 radical (unpaired) electrons. The summed E-state index contributed by atoms with van der Waals surface area (Å²) < 4.78 is 0. The van der Waals surface area contributed by atoms with Crippen LogP contribution in [0, 0.1) is 0 Å². The summed E-state index contributed by atoms with van der Waals surface area (Å²) in [6.07, 6.45) is 2.55. The second-order valence-electron chi connectivity index (χ2n) is 3.46. The van der Waals surface area contributed by atoms with E-state index in [1.165, 1.54) is 17.7 Å². The van der Waals surface area contributed by atoms with Crippen molar-refractivity contribution in [2.75, 3.05) is 0 Å². The maximum Gasteiger partial charge on any atom is 0.131 e. The summed E-state index contributed by atoms with van der Waals surface area (Å²) in [7, 11) is 0. The molecule has 0 aliphatic heterocycles. The van der Waals surface area contributed by atoms with Crippen LogP contribution in [0.4, 0.5) is 0 Å². The predicted octanol–water partition coefficient (Wildman–Crippen LogP) is 2.35. The molecule has 1 unspecified atom stereocenters. The van der Waals surface area contributed by atoms with Crippen LogP contribution in [0.5, 0.6) is 5.75 Å². The first kappa shape index (κ1) is 8.08. The van der Waals surface area contributed by atoms with Crippen molar-refractivity contribution in [3.05, 3.63) is 15.8 Å². The molecule has 0 saturated heterocycles. The largest absolute Gasteiger partial charge is 0.507 e. The van der Waals surface area contributed by atoms with Crippen LogP contribution in [0.1, 0.15) is 41.5 Å². The van der Waals surface area contributed by atoms with Crippen LogP contribution in [0.25, 0.3) is 0 Å². The highest BCUT2D eigenvalue weighted by molar-refractivity contribution is 7.12. The Balaban J connectivity index is 2.30. The highest BCUT2D eigenvalue weighted by atomic mass is 32.1. The third-order valence-electron chi connectivity index (χ3n) is 2.15. The molecule has 2 nitrogen and oxygen atoms in total. The fraction of sp³-hybridized carbons (Fsp3) is 0.556. The van der Waals surface area contributed by atoms with Crippen LogP contribution in [-0.4, -0.2) is 5.11 Å². The average Bonchev–Trinajstić information content (AvgIpc) is 2.75. The van der Waals surface area contributed by atoms with E-state index in [0.29, 0.717) is 11.7 Å². The zero-order valence-electron chi connectivity index (χ0n) is 7.08. The minimum Gasteiger partial charge on any atom is -0.507 e. The highest BCUT2D eigenvalue weighted by Gasteiger charge is 2.27. The lowest BCUT2D eigenvalue weighted by Crippen LogP contribution is -2.02. The number of aromatic hydroxyl groups is 1. The summed E-state index contributed by atoms with van der Waals surface area (Å²) in [5, 5.41) is 9.51. The van der Waals surface area contributed by atoms with Crippen molar-refractivity contribution in [3.63, 3.8) is 0 Å². The zero-order chi connectivity index (χ0) is 8.72. The van der Waals surface area contributed by atoms with Crippen molar-refractivity contribution >= 4 is 11.3 Å². The van der Waals surface area contributed by atoms with Crippen molar-refractivity contribution in [2.24, 2.45) is 5.73 Å². The van der Waals surface area contributed by atoms with Gasteiger partial charge in [0, 0.05) is 10.9 Å². The van der Waals surface area contributed by atoms with E-state index in [9.17, 15) is 5.11 Å². The molecule has 1 saturated carbocycles. The second-order valence-corrected chi connectivity index (χ2v) is 4.58. The summed E-state index contributed by atoms with van der Waals surface area (Å²) >= 11 is 1.66. The van der Waals surface area contributed by atoms with Crippen LogP contribution < -0.4 is 5.73 Å². The van der Waals surface area contributed by atoms with Gasteiger partial charge in [0.05, 0.1) is 4.88 Å². The van der Waals surface area contributed by atoms with Gasteiger partial charge in [-0.15, -0.1) is 11.3 Å². The molecule has 2 rings (SSSR count). The Morgan fingerprint density at radius 3 is 2.75 bits per heavy atom. The maximum atomic E-state index is 9.51. The van der Waals surface area contributed by atoms with Gasteiger partial charge in [-0.3, -0.25) is 0 Å². The van der Waals surface area contributed by atoms with E-state index >= 15 is 0 Å². The molecular weight excluding hydrogens is 170 g/mol. The molecule has 1 aliphatic carbocycles. The first-order valence-corrected chi connectivity index (χ1v) is 5.08. The molecule has 1 fully saturated rings. The summed E-state index contributed by atoms with van der Waals surface area (Å²) in [6, 6.07) is 1.84. The molecule has 66 valence electrons. The Morgan fingerprint density at radius 2 is 2.33 bits per heavy atom. The highest BCUT2D eigenvalue weighted by Crippen LogP contribution is 2.46. The Labute approximate surface area is 76.0 Å². The molecule has 1 heterocycles. The SMILES string of the molecule is CC(N)c1sc(C2CC2)cc1O. The van der Waals surface area contributed by atoms with Crippen LogP contribution >= 0.6 is 11.3 Å². The van der Waals surface area contributed by atoms with Gasteiger partial charge in [0.2, 0.25) is 0 Å². The first-order chi connectivity index (χ1) is 5.68. The van der Waals surface area contributed by atoms with E-state index in [-0.39, 0.29) is 6.04 Å². The van der Waals surface area contributed by atoms with Crippen molar-refractivity contribution < 1.29 is 5.11 Å². The van der Waals surface area contributed by atoms with Crippen LogP contribution in [0.3, 0.4) is 0 Å². The normalized spacial score (nSPS) is 19.5.